The second-order valence-corrected chi connectivity index (χ2v) is 13.6. The molecule has 4 heterocycles. The van der Waals surface area contributed by atoms with Crippen LogP contribution in [0.25, 0.3) is 26.4 Å². The van der Waals surface area contributed by atoms with Crippen LogP contribution in [-0.4, -0.2) is 76.6 Å². The van der Waals surface area contributed by atoms with Crippen LogP contribution in [0.1, 0.15) is 68.4 Å². The van der Waals surface area contributed by atoms with E-state index in [9.17, 15) is 9.59 Å². The highest BCUT2D eigenvalue weighted by Gasteiger charge is 2.33. The summed E-state index contributed by atoms with van der Waals surface area (Å²) in [6.07, 6.45) is 5.03. The second-order valence-electron chi connectivity index (χ2n) is 12.5. The molecule has 4 aromatic rings. The Balaban J connectivity index is 1.26. The van der Waals surface area contributed by atoms with Gasteiger partial charge in [0.15, 0.2) is 4.96 Å². The van der Waals surface area contributed by atoms with Crippen molar-refractivity contribution in [3.05, 3.63) is 53.5 Å². The van der Waals surface area contributed by atoms with Crippen molar-refractivity contribution >= 4 is 38.5 Å². The first-order valence-corrected chi connectivity index (χ1v) is 15.6. The van der Waals surface area contributed by atoms with Crippen molar-refractivity contribution in [2.24, 2.45) is 0 Å². The number of hydrogen-bond acceptors (Lipinski definition) is 7. The Hall–Kier alpha value is -3.70. The molecule has 2 aromatic carbocycles. The summed E-state index contributed by atoms with van der Waals surface area (Å²) >= 11 is 1.44. The molecule has 1 N–H and O–H groups in total. The molecule has 0 aliphatic carbocycles. The van der Waals surface area contributed by atoms with E-state index in [0.717, 1.165) is 54.6 Å². The molecule has 2 aliphatic rings. The minimum Gasteiger partial charge on any atom is -0.496 e. The van der Waals surface area contributed by atoms with E-state index in [-0.39, 0.29) is 24.1 Å². The summed E-state index contributed by atoms with van der Waals surface area (Å²) < 4.78 is 29.6. The number of fused-ring (bicyclic) bond motifs is 3. The van der Waals surface area contributed by atoms with Gasteiger partial charge in [-0.2, -0.15) is 0 Å². The number of imidazole rings is 1. The number of ether oxygens (including phenoxy) is 2. The van der Waals surface area contributed by atoms with E-state index in [1.54, 1.807) is 18.1 Å². The first-order valence-electron chi connectivity index (χ1n) is 14.8. The maximum atomic E-state index is 15.6. The predicted molar refractivity (Wildman–Crippen MR) is 165 cm³/mol. The number of carbonyl (C=O) groups is 2. The summed E-state index contributed by atoms with van der Waals surface area (Å²) in [4.78, 5) is 35.3. The lowest BCUT2D eigenvalue weighted by atomic mass is 10.0. The number of nitrogens with one attached hydrogen (secondary N) is 1. The number of benzene rings is 2. The van der Waals surface area contributed by atoms with E-state index in [1.807, 2.05) is 49.6 Å². The minimum absolute atomic E-state index is 0.102. The van der Waals surface area contributed by atoms with Gasteiger partial charge < -0.3 is 24.6 Å². The van der Waals surface area contributed by atoms with Crippen LogP contribution < -0.4 is 10.1 Å². The number of halogens is 1. The fourth-order valence-corrected chi connectivity index (χ4v) is 7.18. The van der Waals surface area contributed by atoms with Crippen LogP contribution in [-0.2, 0) is 4.74 Å². The Kier molecular flexibility index (Phi) is 7.80. The number of rotatable bonds is 5. The van der Waals surface area contributed by atoms with Crippen molar-refractivity contribution in [2.45, 2.75) is 64.1 Å². The highest BCUT2D eigenvalue weighted by molar-refractivity contribution is 7.23. The SMILES string of the molecule is COc1cc2c(cc1C(=O)N[C@@H]1CCCN(C)C1)sc1nc(-c3ccc(C4CCCN4C(=O)OC(C)(C)C)cc3F)cn12. The Morgan fingerprint density at radius 3 is 2.63 bits per heavy atom. The molecule has 0 radical (unpaired) electrons. The molecule has 2 amide bonds. The van der Waals surface area contributed by atoms with Crippen molar-refractivity contribution in [3.63, 3.8) is 0 Å². The average Bonchev–Trinajstić information content (AvgIpc) is 3.66. The molecule has 11 heteroatoms. The number of piperidine rings is 1. The third-order valence-corrected chi connectivity index (χ3v) is 9.17. The van der Waals surface area contributed by atoms with Crippen LogP contribution in [0, 0.1) is 5.82 Å². The number of thiazole rings is 1. The zero-order valence-electron chi connectivity index (χ0n) is 25.3. The molecule has 2 aliphatic heterocycles. The number of likely N-dealkylation sites (N-methyl/N-ethyl adjacent to an activating group) is 1. The molecule has 0 saturated carbocycles. The van der Waals surface area contributed by atoms with E-state index >= 15 is 4.39 Å². The van der Waals surface area contributed by atoms with Gasteiger partial charge >= 0.3 is 6.09 Å². The van der Waals surface area contributed by atoms with Crippen molar-refractivity contribution in [1.29, 1.82) is 0 Å². The Bertz CT molecular complexity index is 1690. The maximum absolute atomic E-state index is 15.6. The topological polar surface area (TPSA) is 88.4 Å². The van der Waals surface area contributed by atoms with Crippen LogP contribution in [0.2, 0.25) is 0 Å². The lowest BCUT2D eigenvalue weighted by molar-refractivity contribution is 0.0224. The molecule has 0 bridgehead atoms. The minimum atomic E-state index is -0.596. The van der Waals surface area contributed by atoms with Gasteiger partial charge in [-0.15, -0.1) is 0 Å². The molecular weight excluding hydrogens is 569 g/mol. The molecular formula is C32H38FN5O4S. The van der Waals surface area contributed by atoms with Gasteiger partial charge in [-0.25, -0.2) is 14.2 Å². The Morgan fingerprint density at radius 2 is 1.91 bits per heavy atom. The number of hydrogen-bond donors (Lipinski definition) is 1. The molecule has 9 nitrogen and oxygen atoms in total. The van der Waals surface area contributed by atoms with E-state index in [1.165, 1.54) is 17.4 Å². The Labute approximate surface area is 254 Å². The van der Waals surface area contributed by atoms with Gasteiger partial charge in [-0.3, -0.25) is 9.20 Å². The number of methoxy groups -OCH3 is 1. The molecule has 2 saturated heterocycles. The molecule has 228 valence electrons. The summed E-state index contributed by atoms with van der Waals surface area (Å²) in [7, 11) is 3.62. The van der Waals surface area contributed by atoms with Crippen LogP contribution in [0.5, 0.6) is 5.75 Å². The van der Waals surface area contributed by atoms with Gasteiger partial charge in [0.25, 0.3) is 5.91 Å². The molecule has 0 spiro atoms. The zero-order valence-corrected chi connectivity index (χ0v) is 26.1. The van der Waals surface area contributed by atoms with Crippen molar-refractivity contribution in [3.8, 4) is 17.0 Å². The van der Waals surface area contributed by atoms with Gasteiger partial charge in [0.1, 0.15) is 17.2 Å². The first kappa shape index (κ1) is 29.4. The number of likely N-dealkylation sites (tertiary alicyclic amines) is 2. The van der Waals surface area contributed by atoms with Crippen molar-refractivity contribution in [2.75, 3.05) is 33.8 Å². The van der Waals surface area contributed by atoms with Crippen molar-refractivity contribution < 1.29 is 23.5 Å². The predicted octanol–water partition coefficient (Wildman–Crippen LogP) is 6.26. The monoisotopic (exact) mass is 607 g/mol. The van der Waals surface area contributed by atoms with Crippen LogP contribution in [0.4, 0.5) is 9.18 Å². The molecule has 43 heavy (non-hydrogen) atoms. The Morgan fingerprint density at radius 1 is 1.12 bits per heavy atom. The summed E-state index contributed by atoms with van der Waals surface area (Å²) in [6.45, 7) is 7.97. The third kappa shape index (κ3) is 5.92. The van der Waals surface area contributed by atoms with Gasteiger partial charge in [0.05, 0.1) is 34.6 Å². The average molecular weight is 608 g/mol. The molecule has 2 atom stereocenters. The zero-order chi connectivity index (χ0) is 30.5. The smallest absolute Gasteiger partial charge is 0.410 e. The van der Waals surface area contributed by atoms with Gasteiger partial charge in [-0.1, -0.05) is 17.4 Å². The number of amides is 2. The molecule has 2 aromatic heterocycles. The number of carbonyl (C=O) groups excluding carboxylic acids is 2. The number of aromatic nitrogens is 2. The molecule has 2 fully saturated rings. The first-order chi connectivity index (χ1) is 20.5. The fraction of sp³-hybridized carbons (Fsp3) is 0.469. The summed E-state index contributed by atoms with van der Waals surface area (Å²) in [5.74, 6) is -0.0697. The summed E-state index contributed by atoms with van der Waals surface area (Å²) in [6, 6.07) is 8.67. The second kappa shape index (κ2) is 11.4. The van der Waals surface area contributed by atoms with E-state index in [4.69, 9.17) is 14.5 Å². The lowest BCUT2D eigenvalue weighted by Gasteiger charge is -2.30. The van der Waals surface area contributed by atoms with E-state index in [2.05, 4.69) is 17.3 Å². The van der Waals surface area contributed by atoms with Crippen LogP contribution in [0.15, 0.2) is 36.5 Å². The van der Waals surface area contributed by atoms with Gasteiger partial charge in [0, 0.05) is 37.0 Å². The molecule has 6 rings (SSSR count). The quantitative estimate of drug-likeness (QED) is 0.288. The highest BCUT2D eigenvalue weighted by atomic mass is 32.1. The largest absolute Gasteiger partial charge is 0.496 e. The van der Waals surface area contributed by atoms with Gasteiger partial charge in [-0.05, 0) is 83.8 Å². The summed E-state index contributed by atoms with van der Waals surface area (Å²) in [5.41, 5.74) is 2.36. The van der Waals surface area contributed by atoms with E-state index in [0.29, 0.717) is 34.1 Å². The van der Waals surface area contributed by atoms with E-state index < -0.39 is 11.4 Å². The molecule has 1 unspecified atom stereocenters. The normalized spacial score (nSPS) is 19.7. The van der Waals surface area contributed by atoms with Gasteiger partial charge in [0.2, 0.25) is 0 Å². The standard InChI is InChI=1S/C32H38FN5O4S/c1-32(2,3)42-31(40)37-13-7-9-25(37)19-10-11-21(23(33)14-19)24-18-38-26-16-27(41-5)22(15-28(26)43-30(38)35-24)29(39)34-20-8-6-12-36(4)17-20/h10-11,14-16,18,20,25H,6-9,12-13,17H2,1-5H3,(H,34,39)/t20-,25?/m1/s1. The summed E-state index contributed by atoms with van der Waals surface area (Å²) in [5, 5.41) is 3.16. The van der Waals surface area contributed by atoms with Crippen LogP contribution >= 0.6 is 11.3 Å². The van der Waals surface area contributed by atoms with Crippen molar-refractivity contribution in [1.82, 2.24) is 24.5 Å². The number of nitrogens with zero attached hydrogens (tertiary/aromatic N) is 4. The highest BCUT2D eigenvalue weighted by Crippen LogP contribution is 2.37. The third-order valence-electron chi connectivity index (χ3n) is 8.15. The fourth-order valence-electron chi connectivity index (χ4n) is 6.15. The maximum Gasteiger partial charge on any atom is 0.410 e. The lowest BCUT2D eigenvalue weighted by Crippen LogP contribution is -2.46. The van der Waals surface area contributed by atoms with Crippen LogP contribution in [0.3, 0.4) is 0 Å².